The van der Waals surface area contributed by atoms with Crippen LogP contribution < -0.4 is 21.9 Å². The Hall–Kier alpha value is -2.36. The minimum atomic E-state index is 0.570. The van der Waals surface area contributed by atoms with Gasteiger partial charge in [0.05, 0.1) is 12.8 Å². The maximum Gasteiger partial charge on any atom is 0.142 e. The molecule has 0 bridgehead atoms. The van der Waals surface area contributed by atoms with Gasteiger partial charge in [-0.25, -0.2) is 0 Å². The summed E-state index contributed by atoms with van der Waals surface area (Å²) in [5.74, 6) is 0.633. The minimum Gasteiger partial charge on any atom is -0.495 e. The number of benzene rings is 2. The van der Waals surface area contributed by atoms with Gasteiger partial charge in [0, 0.05) is 23.4 Å². The zero-order valence-electron chi connectivity index (χ0n) is 10.3. The van der Waals surface area contributed by atoms with Crippen LogP contribution in [0.4, 0.5) is 17.1 Å². The molecule has 0 spiro atoms. The van der Waals surface area contributed by atoms with Crippen LogP contribution in [-0.2, 0) is 6.42 Å². The Bertz CT molecular complexity index is 567. The molecular weight excluding hydrogens is 226 g/mol. The van der Waals surface area contributed by atoms with Crippen LogP contribution in [0.1, 0.15) is 11.1 Å². The fourth-order valence-corrected chi connectivity index (χ4v) is 1.92. The Morgan fingerprint density at radius 3 is 2.33 bits per heavy atom. The topological polar surface area (TPSA) is 87.3 Å². The first-order valence-electron chi connectivity index (χ1n) is 5.67. The van der Waals surface area contributed by atoms with Gasteiger partial charge in [0.15, 0.2) is 0 Å². The number of rotatable bonds is 3. The smallest absolute Gasteiger partial charge is 0.142 e. The molecule has 0 radical (unpaired) electrons. The molecule has 4 heteroatoms. The summed E-state index contributed by atoms with van der Waals surface area (Å²) in [6.45, 7) is 0. The third-order valence-corrected chi connectivity index (χ3v) is 3.00. The first kappa shape index (κ1) is 12.1. The minimum absolute atomic E-state index is 0.570. The predicted octanol–water partition coefficient (Wildman–Crippen LogP) is 2.03. The van der Waals surface area contributed by atoms with Crippen molar-refractivity contribution in [2.75, 3.05) is 24.3 Å². The fourth-order valence-electron chi connectivity index (χ4n) is 1.92. The van der Waals surface area contributed by atoms with Crippen LogP contribution in [0.25, 0.3) is 0 Å². The van der Waals surface area contributed by atoms with E-state index in [1.165, 1.54) is 0 Å². The van der Waals surface area contributed by atoms with E-state index in [4.69, 9.17) is 21.9 Å². The summed E-state index contributed by atoms with van der Waals surface area (Å²) in [5.41, 5.74) is 21.8. The summed E-state index contributed by atoms with van der Waals surface area (Å²) >= 11 is 0. The van der Waals surface area contributed by atoms with Crippen LogP contribution in [0, 0.1) is 0 Å². The number of ether oxygens (including phenoxy) is 1. The Kier molecular flexibility index (Phi) is 3.28. The highest BCUT2D eigenvalue weighted by molar-refractivity contribution is 5.70. The summed E-state index contributed by atoms with van der Waals surface area (Å²) < 4.78 is 5.20. The first-order valence-corrected chi connectivity index (χ1v) is 5.67. The normalized spacial score (nSPS) is 10.3. The van der Waals surface area contributed by atoms with Crippen molar-refractivity contribution in [2.24, 2.45) is 0 Å². The zero-order chi connectivity index (χ0) is 13.1. The highest BCUT2D eigenvalue weighted by Gasteiger charge is 2.11. The van der Waals surface area contributed by atoms with E-state index in [0.29, 0.717) is 23.5 Å². The van der Waals surface area contributed by atoms with E-state index in [2.05, 4.69) is 0 Å². The molecule has 0 aliphatic rings. The fraction of sp³-hybridized carbons (Fsp3) is 0.143. The molecule has 6 N–H and O–H groups in total. The number of hydrogen-bond donors (Lipinski definition) is 3. The molecular formula is C14H17N3O. The molecule has 0 amide bonds. The lowest BCUT2D eigenvalue weighted by Gasteiger charge is -2.13. The Morgan fingerprint density at radius 1 is 0.944 bits per heavy atom. The maximum atomic E-state index is 6.05. The summed E-state index contributed by atoms with van der Waals surface area (Å²) in [5, 5.41) is 0. The van der Waals surface area contributed by atoms with Gasteiger partial charge in [0.25, 0.3) is 0 Å². The van der Waals surface area contributed by atoms with Gasteiger partial charge < -0.3 is 21.9 Å². The predicted molar refractivity (Wildman–Crippen MR) is 75.5 cm³/mol. The molecule has 4 nitrogen and oxygen atoms in total. The molecule has 0 heterocycles. The van der Waals surface area contributed by atoms with Crippen molar-refractivity contribution in [2.45, 2.75) is 6.42 Å². The van der Waals surface area contributed by atoms with Gasteiger partial charge in [-0.1, -0.05) is 18.2 Å². The van der Waals surface area contributed by atoms with Crippen molar-refractivity contribution < 1.29 is 4.74 Å². The zero-order valence-corrected chi connectivity index (χ0v) is 10.3. The number of nitrogen functional groups attached to an aromatic ring is 3. The lowest BCUT2D eigenvalue weighted by Crippen LogP contribution is -2.04. The molecule has 0 aliphatic carbocycles. The van der Waals surface area contributed by atoms with Crippen molar-refractivity contribution in [3.63, 3.8) is 0 Å². The molecule has 18 heavy (non-hydrogen) atoms. The Balaban J connectivity index is 2.43. The van der Waals surface area contributed by atoms with Gasteiger partial charge in [-0.2, -0.15) is 0 Å². The quantitative estimate of drug-likeness (QED) is 0.720. The molecule has 2 aromatic rings. The van der Waals surface area contributed by atoms with Gasteiger partial charge in [-0.05, 0) is 23.8 Å². The van der Waals surface area contributed by atoms with Crippen LogP contribution in [-0.4, -0.2) is 7.11 Å². The van der Waals surface area contributed by atoms with E-state index < -0.39 is 0 Å². The second-order valence-electron chi connectivity index (χ2n) is 4.12. The van der Waals surface area contributed by atoms with E-state index in [-0.39, 0.29) is 0 Å². The molecule has 0 unspecified atom stereocenters. The maximum absolute atomic E-state index is 6.05. The Morgan fingerprint density at radius 2 is 1.67 bits per heavy atom. The van der Waals surface area contributed by atoms with Gasteiger partial charge in [-0.15, -0.1) is 0 Å². The lowest BCUT2D eigenvalue weighted by molar-refractivity contribution is 0.416. The van der Waals surface area contributed by atoms with Crippen LogP contribution in [0.3, 0.4) is 0 Å². The van der Waals surface area contributed by atoms with Crippen molar-refractivity contribution in [3.05, 3.63) is 47.5 Å². The number of nitrogens with two attached hydrogens (primary N) is 3. The first-order chi connectivity index (χ1) is 8.63. The number of hydrogen-bond acceptors (Lipinski definition) is 4. The van der Waals surface area contributed by atoms with E-state index >= 15 is 0 Å². The summed E-state index contributed by atoms with van der Waals surface area (Å²) in [6.07, 6.45) is 0.599. The molecule has 0 saturated carbocycles. The van der Waals surface area contributed by atoms with E-state index in [9.17, 15) is 0 Å². The van der Waals surface area contributed by atoms with Crippen LogP contribution in [0.15, 0.2) is 36.4 Å². The van der Waals surface area contributed by atoms with Crippen molar-refractivity contribution in [3.8, 4) is 5.75 Å². The molecule has 0 saturated heterocycles. The third-order valence-electron chi connectivity index (χ3n) is 3.00. The number of para-hydroxylation sites is 1. The van der Waals surface area contributed by atoms with E-state index in [0.717, 1.165) is 16.8 Å². The van der Waals surface area contributed by atoms with Crippen molar-refractivity contribution in [1.82, 2.24) is 0 Å². The molecule has 0 atom stereocenters. The van der Waals surface area contributed by atoms with Gasteiger partial charge in [0.1, 0.15) is 5.75 Å². The van der Waals surface area contributed by atoms with Crippen LogP contribution in [0.2, 0.25) is 0 Å². The Labute approximate surface area is 106 Å². The summed E-state index contributed by atoms with van der Waals surface area (Å²) in [7, 11) is 1.59. The van der Waals surface area contributed by atoms with Gasteiger partial charge in [0.2, 0.25) is 0 Å². The highest BCUT2D eigenvalue weighted by atomic mass is 16.5. The molecule has 2 rings (SSSR count). The average Bonchev–Trinajstić information content (AvgIpc) is 2.37. The van der Waals surface area contributed by atoms with Crippen molar-refractivity contribution in [1.29, 1.82) is 0 Å². The lowest BCUT2D eigenvalue weighted by atomic mass is 10.00. The number of methoxy groups -OCH3 is 1. The monoisotopic (exact) mass is 243 g/mol. The standard InChI is InChI=1S/C14H17N3O/c1-18-13-7-6-12(16)10(14(13)17)8-9-4-2-3-5-11(9)15/h2-7H,8,15-17H2,1H3. The van der Waals surface area contributed by atoms with Crippen LogP contribution >= 0.6 is 0 Å². The second kappa shape index (κ2) is 4.87. The molecule has 2 aromatic carbocycles. The summed E-state index contributed by atoms with van der Waals surface area (Å²) in [6, 6.07) is 11.2. The molecule has 0 aromatic heterocycles. The number of anilines is 3. The second-order valence-corrected chi connectivity index (χ2v) is 4.12. The van der Waals surface area contributed by atoms with Gasteiger partial charge >= 0.3 is 0 Å². The highest BCUT2D eigenvalue weighted by Crippen LogP contribution is 2.32. The SMILES string of the molecule is COc1ccc(N)c(Cc2ccccc2N)c1N. The third kappa shape index (κ3) is 2.18. The molecule has 94 valence electrons. The van der Waals surface area contributed by atoms with E-state index in [1.54, 1.807) is 19.2 Å². The van der Waals surface area contributed by atoms with E-state index in [1.807, 2.05) is 24.3 Å². The van der Waals surface area contributed by atoms with Crippen LogP contribution in [0.5, 0.6) is 5.75 Å². The summed E-state index contributed by atoms with van der Waals surface area (Å²) in [4.78, 5) is 0. The molecule has 0 aliphatic heterocycles. The van der Waals surface area contributed by atoms with Gasteiger partial charge in [-0.3, -0.25) is 0 Å². The average molecular weight is 243 g/mol. The largest absolute Gasteiger partial charge is 0.495 e. The van der Waals surface area contributed by atoms with Crippen molar-refractivity contribution >= 4 is 17.1 Å². The molecule has 0 fully saturated rings.